The van der Waals surface area contributed by atoms with Crippen molar-refractivity contribution in [2.24, 2.45) is 0 Å². The number of phenols is 1. The van der Waals surface area contributed by atoms with Crippen molar-refractivity contribution >= 4 is 18.6 Å². The lowest BCUT2D eigenvalue weighted by Gasteiger charge is -2.21. The zero-order valence-electron chi connectivity index (χ0n) is 13.9. The van der Waals surface area contributed by atoms with Gasteiger partial charge in [-0.15, -0.1) is 0 Å². The summed E-state index contributed by atoms with van der Waals surface area (Å²) in [5.41, 5.74) is 2.23. The normalized spacial score (nSPS) is 11.5. The summed E-state index contributed by atoms with van der Waals surface area (Å²) in [5.74, 6) is 0.279. The molecule has 0 aliphatic carbocycles. The summed E-state index contributed by atoms with van der Waals surface area (Å²) >= 11 is 3.86. The summed E-state index contributed by atoms with van der Waals surface area (Å²) in [6, 6.07) is 5.91. The van der Waals surface area contributed by atoms with Gasteiger partial charge < -0.3 is 9.84 Å². The molecule has 0 amide bonds. The Hall–Kier alpha value is -1.16. The van der Waals surface area contributed by atoms with Gasteiger partial charge in [0, 0.05) is 0 Å². The molecule has 22 heavy (non-hydrogen) atoms. The standard InChI is InChI=1S/C18H28O3S/c1-18(2,3)15-12-14(9-10-16(15)19)8-6-4-5-7-11-21-17(20)13-22/h9-10,12,19,22H,4-8,11,13H2,1-3H3. The van der Waals surface area contributed by atoms with E-state index in [0.29, 0.717) is 12.4 Å². The SMILES string of the molecule is CC(C)(C)c1cc(CCCCCCOC(=O)CS)ccc1O. The molecule has 0 unspecified atom stereocenters. The van der Waals surface area contributed by atoms with Gasteiger partial charge in [0.05, 0.1) is 12.4 Å². The number of carbonyl (C=O) groups excluding carboxylic acids is 1. The van der Waals surface area contributed by atoms with Crippen LogP contribution < -0.4 is 0 Å². The fourth-order valence-corrected chi connectivity index (χ4v) is 2.45. The third kappa shape index (κ3) is 6.73. The van der Waals surface area contributed by atoms with E-state index in [1.807, 2.05) is 6.07 Å². The number of hydrogen-bond acceptors (Lipinski definition) is 4. The van der Waals surface area contributed by atoms with Crippen molar-refractivity contribution in [1.82, 2.24) is 0 Å². The zero-order valence-corrected chi connectivity index (χ0v) is 14.8. The lowest BCUT2D eigenvalue weighted by atomic mass is 9.85. The number of aromatic hydroxyl groups is 1. The van der Waals surface area contributed by atoms with Gasteiger partial charge in [-0.05, 0) is 41.9 Å². The molecular formula is C18H28O3S. The summed E-state index contributed by atoms with van der Waals surface area (Å²) in [4.78, 5) is 10.9. The smallest absolute Gasteiger partial charge is 0.315 e. The first-order valence-corrected chi connectivity index (χ1v) is 8.56. The highest BCUT2D eigenvalue weighted by Crippen LogP contribution is 2.31. The molecule has 0 saturated heterocycles. The molecule has 124 valence electrons. The minimum atomic E-state index is -0.248. The number of benzene rings is 1. The van der Waals surface area contributed by atoms with Crippen LogP contribution in [0.3, 0.4) is 0 Å². The van der Waals surface area contributed by atoms with E-state index in [1.54, 1.807) is 6.07 Å². The number of carbonyl (C=O) groups is 1. The maximum absolute atomic E-state index is 10.9. The number of ether oxygens (including phenoxy) is 1. The Labute approximate surface area is 139 Å². The minimum absolute atomic E-state index is 0.0447. The molecule has 1 rings (SSSR count). The second-order valence-electron chi connectivity index (χ2n) is 6.64. The molecule has 4 heteroatoms. The second-order valence-corrected chi connectivity index (χ2v) is 6.96. The molecule has 0 aromatic heterocycles. The van der Waals surface area contributed by atoms with Crippen LogP contribution in [0.2, 0.25) is 0 Å². The number of thiol groups is 1. The van der Waals surface area contributed by atoms with E-state index >= 15 is 0 Å². The summed E-state index contributed by atoms with van der Waals surface area (Å²) in [5, 5.41) is 9.96. The van der Waals surface area contributed by atoms with Crippen molar-refractivity contribution in [1.29, 1.82) is 0 Å². The van der Waals surface area contributed by atoms with Gasteiger partial charge in [0.15, 0.2) is 0 Å². The number of rotatable bonds is 8. The predicted molar refractivity (Wildman–Crippen MR) is 93.8 cm³/mol. The van der Waals surface area contributed by atoms with Crippen molar-refractivity contribution in [3.05, 3.63) is 29.3 Å². The molecule has 0 heterocycles. The third-order valence-corrected chi connectivity index (χ3v) is 3.88. The number of esters is 1. The van der Waals surface area contributed by atoms with Crippen LogP contribution in [0.25, 0.3) is 0 Å². The van der Waals surface area contributed by atoms with Crippen LogP contribution in [0.5, 0.6) is 5.75 Å². The number of aryl methyl sites for hydroxylation is 1. The highest BCUT2D eigenvalue weighted by molar-refractivity contribution is 7.81. The number of hydrogen-bond donors (Lipinski definition) is 2. The van der Waals surface area contributed by atoms with Crippen LogP contribution in [0.1, 0.15) is 57.6 Å². The first kappa shape index (κ1) is 18.9. The number of unbranched alkanes of at least 4 members (excludes halogenated alkanes) is 3. The summed E-state index contributed by atoms with van der Waals surface area (Å²) in [6.45, 7) is 6.82. The average molecular weight is 324 g/mol. The van der Waals surface area contributed by atoms with E-state index in [-0.39, 0.29) is 17.1 Å². The van der Waals surface area contributed by atoms with Crippen molar-refractivity contribution in [3.63, 3.8) is 0 Å². The van der Waals surface area contributed by atoms with Crippen LogP contribution >= 0.6 is 12.6 Å². The molecule has 1 aromatic rings. The Morgan fingerprint density at radius 2 is 1.86 bits per heavy atom. The van der Waals surface area contributed by atoms with E-state index in [9.17, 15) is 9.90 Å². The average Bonchev–Trinajstić information content (AvgIpc) is 2.46. The van der Waals surface area contributed by atoms with E-state index in [4.69, 9.17) is 4.74 Å². The molecule has 0 bridgehead atoms. The van der Waals surface area contributed by atoms with Crippen molar-refractivity contribution in [2.45, 2.75) is 58.3 Å². The summed E-state index contributed by atoms with van der Waals surface area (Å²) < 4.78 is 4.98. The lowest BCUT2D eigenvalue weighted by molar-refractivity contribution is -0.140. The van der Waals surface area contributed by atoms with E-state index in [0.717, 1.165) is 37.7 Å². The maximum atomic E-state index is 10.9. The Kier molecular flexibility index (Phi) is 7.80. The molecule has 0 saturated carbocycles. The quantitative estimate of drug-likeness (QED) is 0.426. The molecule has 0 atom stereocenters. The molecule has 0 aliphatic rings. The monoisotopic (exact) mass is 324 g/mol. The van der Waals surface area contributed by atoms with Gasteiger partial charge in [-0.25, -0.2) is 0 Å². The Morgan fingerprint density at radius 3 is 2.50 bits per heavy atom. The summed E-state index contributed by atoms with van der Waals surface area (Å²) in [7, 11) is 0. The van der Waals surface area contributed by atoms with Crippen LogP contribution in [-0.2, 0) is 21.4 Å². The van der Waals surface area contributed by atoms with Crippen LogP contribution in [0, 0.1) is 0 Å². The molecule has 1 N–H and O–H groups in total. The topological polar surface area (TPSA) is 46.5 Å². The summed E-state index contributed by atoms with van der Waals surface area (Å²) in [6.07, 6.45) is 5.20. The maximum Gasteiger partial charge on any atom is 0.315 e. The Morgan fingerprint density at radius 1 is 1.18 bits per heavy atom. The van der Waals surface area contributed by atoms with Gasteiger partial charge in [-0.1, -0.05) is 45.7 Å². The minimum Gasteiger partial charge on any atom is -0.508 e. The van der Waals surface area contributed by atoms with Gasteiger partial charge in [-0.3, -0.25) is 4.79 Å². The van der Waals surface area contributed by atoms with Crippen molar-refractivity contribution in [3.8, 4) is 5.75 Å². The van der Waals surface area contributed by atoms with E-state index < -0.39 is 0 Å². The first-order chi connectivity index (χ1) is 10.3. The second kappa shape index (κ2) is 9.09. The highest BCUT2D eigenvalue weighted by atomic mass is 32.1. The predicted octanol–water partition coefficient (Wildman–Crippen LogP) is 4.27. The van der Waals surface area contributed by atoms with Gasteiger partial charge in [0.2, 0.25) is 0 Å². The molecule has 1 aromatic carbocycles. The molecule has 0 spiro atoms. The highest BCUT2D eigenvalue weighted by Gasteiger charge is 2.18. The van der Waals surface area contributed by atoms with Crippen LogP contribution in [0.4, 0.5) is 0 Å². The Bertz CT molecular complexity index is 478. The fourth-order valence-electron chi connectivity index (χ4n) is 2.36. The van der Waals surface area contributed by atoms with Crippen LogP contribution in [-0.4, -0.2) is 23.4 Å². The van der Waals surface area contributed by atoms with Gasteiger partial charge >= 0.3 is 5.97 Å². The van der Waals surface area contributed by atoms with Crippen molar-refractivity contribution < 1.29 is 14.6 Å². The van der Waals surface area contributed by atoms with Gasteiger partial charge in [-0.2, -0.15) is 12.6 Å². The van der Waals surface area contributed by atoms with E-state index in [1.165, 1.54) is 5.56 Å². The van der Waals surface area contributed by atoms with E-state index in [2.05, 4.69) is 39.5 Å². The zero-order chi connectivity index (χ0) is 16.6. The first-order valence-electron chi connectivity index (χ1n) is 7.93. The fraction of sp³-hybridized carbons (Fsp3) is 0.611. The molecule has 0 radical (unpaired) electrons. The van der Waals surface area contributed by atoms with Crippen molar-refractivity contribution in [2.75, 3.05) is 12.4 Å². The lowest BCUT2D eigenvalue weighted by Crippen LogP contribution is -2.11. The third-order valence-electron chi connectivity index (χ3n) is 3.62. The van der Waals surface area contributed by atoms with Crippen LogP contribution in [0.15, 0.2) is 18.2 Å². The Balaban J connectivity index is 2.30. The molecule has 3 nitrogen and oxygen atoms in total. The molecule has 0 aliphatic heterocycles. The largest absolute Gasteiger partial charge is 0.508 e. The van der Waals surface area contributed by atoms with Gasteiger partial charge in [0.1, 0.15) is 5.75 Å². The van der Waals surface area contributed by atoms with Gasteiger partial charge in [0.25, 0.3) is 0 Å². The molecular weight excluding hydrogens is 296 g/mol. The molecule has 0 fully saturated rings. The number of phenolic OH excluding ortho intramolecular Hbond substituents is 1.